The number of amides is 1. The van der Waals surface area contributed by atoms with Crippen molar-refractivity contribution >= 4 is 27.5 Å². The van der Waals surface area contributed by atoms with E-state index >= 15 is 0 Å². The molecule has 1 aromatic carbocycles. The van der Waals surface area contributed by atoms with E-state index in [2.05, 4.69) is 31.1 Å². The molecule has 5 nitrogen and oxygen atoms in total. The summed E-state index contributed by atoms with van der Waals surface area (Å²) in [6.07, 6.45) is 1.52. The Morgan fingerprint density at radius 3 is 2.82 bits per heavy atom. The molecule has 2 aromatic rings. The summed E-state index contributed by atoms with van der Waals surface area (Å²) in [4.78, 5) is 12.3. The van der Waals surface area contributed by atoms with Gasteiger partial charge >= 0.3 is 6.61 Å². The number of carbonyl (C=O) groups excluding carboxylic acids is 1. The number of alkyl halides is 2. The van der Waals surface area contributed by atoms with Crippen molar-refractivity contribution in [2.24, 2.45) is 0 Å². The van der Waals surface area contributed by atoms with Gasteiger partial charge in [-0.1, -0.05) is 15.9 Å². The molecule has 0 saturated carbocycles. The number of anilines is 1. The third kappa shape index (κ3) is 3.62. The zero-order valence-electron chi connectivity index (χ0n) is 11.9. The highest BCUT2D eigenvalue weighted by atomic mass is 79.9. The third-order valence-corrected chi connectivity index (χ3v) is 3.55. The summed E-state index contributed by atoms with van der Waals surface area (Å²) in [7, 11) is 0. The molecule has 0 bridgehead atoms. The number of hydrogen-bond acceptors (Lipinski definition) is 3. The lowest BCUT2D eigenvalue weighted by Crippen LogP contribution is -2.15. The lowest BCUT2D eigenvalue weighted by molar-refractivity contribution is -0.0501. The van der Waals surface area contributed by atoms with E-state index in [0.29, 0.717) is 16.7 Å². The van der Waals surface area contributed by atoms with E-state index < -0.39 is 12.5 Å². The molecule has 0 unspecified atom stereocenters. The molecule has 0 atom stereocenters. The van der Waals surface area contributed by atoms with Crippen LogP contribution in [0.25, 0.3) is 0 Å². The van der Waals surface area contributed by atoms with Crippen molar-refractivity contribution in [2.75, 3.05) is 5.32 Å². The highest BCUT2D eigenvalue weighted by Crippen LogP contribution is 2.26. The van der Waals surface area contributed by atoms with Crippen molar-refractivity contribution in [1.29, 1.82) is 0 Å². The van der Waals surface area contributed by atoms with Gasteiger partial charge in [-0.25, -0.2) is 0 Å². The van der Waals surface area contributed by atoms with Crippen LogP contribution in [0, 0.1) is 6.92 Å². The molecule has 0 aliphatic heterocycles. The summed E-state index contributed by atoms with van der Waals surface area (Å²) >= 11 is 3.21. The summed E-state index contributed by atoms with van der Waals surface area (Å²) in [6, 6.07) is 4.26. The molecule has 0 aliphatic rings. The first-order chi connectivity index (χ1) is 10.4. The fourth-order valence-electron chi connectivity index (χ4n) is 1.96. The zero-order valence-corrected chi connectivity index (χ0v) is 13.5. The highest BCUT2D eigenvalue weighted by Gasteiger charge is 2.18. The second-order valence-corrected chi connectivity index (χ2v) is 5.35. The Bertz CT molecular complexity index is 689. The van der Waals surface area contributed by atoms with Gasteiger partial charge in [-0.2, -0.15) is 13.9 Å². The first kappa shape index (κ1) is 16.4. The van der Waals surface area contributed by atoms with Gasteiger partial charge in [0, 0.05) is 11.0 Å². The fourth-order valence-corrected chi connectivity index (χ4v) is 2.32. The summed E-state index contributed by atoms with van der Waals surface area (Å²) in [6.45, 7) is 1.40. The monoisotopic (exact) mass is 373 g/mol. The van der Waals surface area contributed by atoms with E-state index in [1.807, 2.05) is 13.8 Å². The largest absolute Gasteiger partial charge is 0.434 e. The van der Waals surface area contributed by atoms with Crippen LogP contribution < -0.4 is 10.1 Å². The SMILES string of the molecule is CCn1ncc(NC(=O)c2cc(Br)ccc2OC(F)F)c1C. The van der Waals surface area contributed by atoms with Crippen molar-refractivity contribution in [3.05, 3.63) is 40.1 Å². The van der Waals surface area contributed by atoms with Gasteiger partial charge in [0.2, 0.25) is 0 Å². The van der Waals surface area contributed by atoms with Crippen molar-refractivity contribution in [1.82, 2.24) is 9.78 Å². The number of rotatable bonds is 5. The Hall–Kier alpha value is -1.96. The Labute approximate surface area is 134 Å². The van der Waals surface area contributed by atoms with Gasteiger partial charge in [0.05, 0.1) is 23.1 Å². The van der Waals surface area contributed by atoms with E-state index in [4.69, 9.17) is 0 Å². The van der Waals surface area contributed by atoms with Crippen LogP contribution in [0.2, 0.25) is 0 Å². The minimum Gasteiger partial charge on any atom is -0.434 e. The molecule has 8 heteroatoms. The summed E-state index contributed by atoms with van der Waals surface area (Å²) in [5, 5.41) is 6.76. The average molecular weight is 374 g/mol. The molecule has 0 spiro atoms. The van der Waals surface area contributed by atoms with Crippen LogP contribution in [-0.4, -0.2) is 22.3 Å². The quantitative estimate of drug-likeness (QED) is 0.866. The summed E-state index contributed by atoms with van der Waals surface area (Å²) in [5.41, 5.74) is 1.32. The molecule has 1 amide bonds. The van der Waals surface area contributed by atoms with Gasteiger partial charge in [0.1, 0.15) is 5.75 Å². The average Bonchev–Trinajstić information content (AvgIpc) is 2.81. The Balaban J connectivity index is 2.28. The normalized spacial score (nSPS) is 10.8. The van der Waals surface area contributed by atoms with Crippen molar-refractivity contribution in [3.8, 4) is 5.75 Å². The highest BCUT2D eigenvalue weighted by molar-refractivity contribution is 9.10. The molecule has 118 valence electrons. The van der Waals surface area contributed by atoms with Crippen LogP contribution in [0.1, 0.15) is 23.0 Å². The predicted octanol–water partition coefficient (Wildman–Crippen LogP) is 3.83. The van der Waals surface area contributed by atoms with E-state index in [1.165, 1.54) is 24.4 Å². The lowest BCUT2D eigenvalue weighted by Gasteiger charge is -2.11. The second-order valence-electron chi connectivity index (χ2n) is 4.43. The maximum absolute atomic E-state index is 12.4. The zero-order chi connectivity index (χ0) is 16.3. The van der Waals surface area contributed by atoms with Crippen LogP contribution in [-0.2, 0) is 6.54 Å². The molecule has 0 radical (unpaired) electrons. The van der Waals surface area contributed by atoms with Crippen molar-refractivity contribution in [3.63, 3.8) is 0 Å². The number of halogens is 3. The molecule has 22 heavy (non-hydrogen) atoms. The standard InChI is InChI=1S/C14H14BrF2N3O2/c1-3-20-8(2)11(7-18-20)19-13(21)10-6-9(15)4-5-12(10)22-14(16)17/h4-7,14H,3H2,1-2H3,(H,19,21). The Morgan fingerprint density at radius 1 is 1.50 bits per heavy atom. The number of nitrogens with zero attached hydrogens (tertiary/aromatic N) is 2. The predicted molar refractivity (Wildman–Crippen MR) is 81.4 cm³/mol. The Kier molecular flexibility index (Phi) is 5.12. The van der Waals surface area contributed by atoms with Gasteiger partial charge < -0.3 is 10.1 Å². The first-order valence-corrected chi connectivity index (χ1v) is 7.29. The smallest absolute Gasteiger partial charge is 0.387 e. The maximum Gasteiger partial charge on any atom is 0.387 e. The van der Waals surface area contributed by atoms with Crippen LogP contribution in [0.15, 0.2) is 28.9 Å². The van der Waals surface area contributed by atoms with Crippen LogP contribution >= 0.6 is 15.9 Å². The van der Waals surface area contributed by atoms with Crippen LogP contribution in [0.5, 0.6) is 5.75 Å². The number of nitrogens with one attached hydrogen (secondary N) is 1. The number of benzene rings is 1. The molecule has 0 fully saturated rings. The van der Waals surface area contributed by atoms with Gasteiger partial charge in [-0.05, 0) is 32.0 Å². The van der Waals surface area contributed by atoms with E-state index in [1.54, 1.807) is 4.68 Å². The molecule has 2 rings (SSSR count). The second kappa shape index (κ2) is 6.87. The number of ether oxygens (including phenoxy) is 1. The van der Waals surface area contributed by atoms with E-state index in [9.17, 15) is 13.6 Å². The summed E-state index contributed by atoms with van der Waals surface area (Å²) in [5.74, 6) is -0.730. The molecular formula is C14H14BrF2N3O2. The third-order valence-electron chi connectivity index (χ3n) is 3.05. The number of hydrogen-bond donors (Lipinski definition) is 1. The minimum atomic E-state index is -3.00. The van der Waals surface area contributed by atoms with Gasteiger partial charge in [-0.15, -0.1) is 0 Å². The van der Waals surface area contributed by atoms with Gasteiger partial charge in [0.15, 0.2) is 0 Å². The molecule has 0 aliphatic carbocycles. The van der Waals surface area contributed by atoms with Gasteiger partial charge in [-0.3, -0.25) is 9.48 Å². The topological polar surface area (TPSA) is 56.2 Å². The minimum absolute atomic E-state index is 0.0123. The van der Waals surface area contributed by atoms with Crippen molar-refractivity contribution < 1.29 is 18.3 Å². The summed E-state index contributed by atoms with van der Waals surface area (Å²) < 4.78 is 31.5. The molecule has 1 N–H and O–H groups in total. The first-order valence-electron chi connectivity index (χ1n) is 6.50. The van der Waals surface area contributed by atoms with Crippen LogP contribution in [0.4, 0.5) is 14.5 Å². The van der Waals surface area contributed by atoms with E-state index in [-0.39, 0.29) is 11.3 Å². The molecule has 1 heterocycles. The number of aryl methyl sites for hydroxylation is 1. The molecule has 1 aromatic heterocycles. The van der Waals surface area contributed by atoms with Crippen LogP contribution in [0.3, 0.4) is 0 Å². The van der Waals surface area contributed by atoms with Gasteiger partial charge in [0.25, 0.3) is 5.91 Å². The number of carbonyl (C=O) groups is 1. The lowest BCUT2D eigenvalue weighted by atomic mass is 10.2. The van der Waals surface area contributed by atoms with E-state index in [0.717, 1.165) is 5.69 Å². The molecule has 0 saturated heterocycles. The fraction of sp³-hybridized carbons (Fsp3) is 0.286. The molecular weight excluding hydrogens is 360 g/mol. The Morgan fingerprint density at radius 2 is 2.23 bits per heavy atom. The number of aromatic nitrogens is 2. The maximum atomic E-state index is 12.4. The van der Waals surface area contributed by atoms with Crippen molar-refractivity contribution in [2.45, 2.75) is 27.0 Å².